The van der Waals surface area contributed by atoms with Gasteiger partial charge in [0.1, 0.15) is 6.54 Å². The highest BCUT2D eigenvalue weighted by Gasteiger charge is 2.19. The van der Waals surface area contributed by atoms with Crippen molar-refractivity contribution in [3.63, 3.8) is 0 Å². The first-order chi connectivity index (χ1) is 11.9. The first kappa shape index (κ1) is 15.4. The van der Waals surface area contributed by atoms with E-state index < -0.39 is 0 Å². The van der Waals surface area contributed by atoms with Crippen LogP contribution in [0.25, 0.3) is 10.8 Å². The molecule has 1 aliphatic heterocycles. The summed E-state index contributed by atoms with van der Waals surface area (Å²) in [5, 5.41) is 11.6. The van der Waals surface area contributed by atoms with Crippen molar-refractivity contribution in [2.75, 3.05) is 26.2 Å². The number of nitrogens with one attached hydrogen (secondary N) is 1. The van der Waals surface area contributed by atoms with Gasteiger partial charge in [0.15, 0.2) is 0 Å². The highest BCUT2D eigenvalue weighted by Crippen LogP contribution is 2.17. The second-order valence-electron chi connectivity index (χ2n) is 6.28. The summed E-state index contributed by atoms with van der Waals surface area (Å²) in [4.78, 5) is 2.87. The molecule has 3 nitrogen and oxygen atoms in total. The molecule has 0 atom stereocenters. The highest BCUT2D eigenvalue weighted by atomic mass is 32.1. The number of fused-ring (bicyclic) bond motifs is 1. The Morgan fingerprint density at radius 2 is 1.83 bits per heavy atom. The van der Waals surface area contributed by atoms with Crippen molar-refractivity contribution >= 4 is 28.3 Å². The minimum Gasteiger partial charge on any atom is -0.328 e. The fourth-order valence-corrected chi connectivity index (χ4v) is 3.90. The number of hydrogen-bond donors (Lipinski definition) is 1. The second-order valence-corrected chi connectivity index (χ2v) is 7.26. The Hall–Kier alpha value is -2.17. The van der Waals surface area contributed by atoms with Gasteiger partial charge in [0, 0.05) is 10.4 Å². The summed E-state index contributed by atoms with van der Waals surface area (Å²) in [6, 6.07) is 19.5. The lowest BCUT2D eigenvalue weighted by atomic mass is 10.0. The van der Waals surface area contributed by atoms with Gasteiger partial charge in [-0.25, -0.2) is 0 Å². The molecule has 0 bridgehead atoms. The topological polar surface area (TPSA) is 20.0 Å². The third-order valence-corrected chi connectivity index (χ3v) is 5.47. The van der Waals surface area contributed by atoms with Gasteiger partial charge in [-0.15, -0.1) is 11.3 Å². The van der Waals surface area contributed by atoms with Gasteiger partial charge in [0.2, 0.25) is 0 Å². The van der Waals surface area contributed by atoms with Crippen LogP contribution in [0.4, 0.5) is 0 Å². The number of piperazine rings is 1. The molecule has 0 saturated carbocycles. The van der Waals surface area contributed by atoms with E-state index in [4.69, 9.17) is 0 Å². The molecule has 1 aromatic heterocycles. The molecule has 0 amide bonds. The second kappa shape index (κ2) is 7.16. The maximum Gasteiger partial charge on any atom is 0.104 e. The lowest BCUT2D eigenvalue weighted by Gasteiger charge is -2.30. The molecule has 1 N–H and O–H groups in total. The monoisotopic (exact) mass is 336 g/mol. The quantitative estimate of drug-likeness (QED) is 0.726. The molecule has 2 heterocycles. The van der Waals surface area contributed by atoms with Crippen molar-refractivity contribution in [2.45, 2.75) is 6.54 Å². The van der Waals surface area contributed by atoms with Crippen LogP contribution in [-0.4, -0.2) is 37.4 Å². The third kappa shape index (κ3) is 3.50. The van der Waals surface area contributed by atoms with Gasteiger partial charge in [-0.05, 0) is 22.2 Å². The summed E-state index contributed by atoms with van der Waals surface area (Å²) >= 11 is 1.73. The largest absolute Gasteiger partial charge is 0.328 e. The minimum absolute atomic E-state index is 1.03. The van der Waals surface area contributed by atoms with Crippen molar-refractivity contribution in [1.29, 1.82) is 0 Å². The highest BCUT2D eigenvalue weighted by molar-refractivity contribution is 7.11. The molecule has 4 rings (SSSR count). The van der Waals surface area contributed by atoms with E-state index in [0.717, 1.165) is 32.7 Å². The van der Waals surface area contributed by atoms with Gasteiger partial charge in [0.05, 0.1) is 32.4 Å². The standard InChI is InChI=1S/C20H21N3S/c1-2-9-20-17(5-1)6-3-7-18(20)16-22-10-12-23(13-11-22)21-15-19-8-4-14-24-19/h1-9,14-15H,10-13,16H2/p+1/b21-15-. The molecule has 4 heteroatoms. The summed E-state index contributed by atoms with van der Waals surface area (Å²) in [5.74, 6) is 0. The molecule has 2 aromatic carbocycles. The SMILES string of the molecule is C(=N/N1CC[NH+](Cc2cccc3ccccc23)CC1)/c1cccs1. The summed E-state index contributed by atoms with van der Waals surface area (Å²) in [5.41, 5.74) is 1.46. The van der Waals surface area contributed by atoms with E-state index in [1.165, 1.54) is 21.2 Å². The van der Waals surface area contributed by atoms with Crippen molar-refractivity contribution in [1.82, 2.24) is 5.01 Å². The van der Waals surface area contributed by atoms with Crippen molar-refractivity contribution < 1.29 is 4.90 Å². The number of hydrogen-bond acceptors (Lipinski definition) is 3. The Kier molecular flexibility index (Phi) is 4.58. The molecule has 1 fully saturated rings. The zero-order valence-electron chi connectivity index (χ0n) is 13.7. The average Bonchev–Trinajstić information content (AvgIpc) is 3.15. The van der Waals surface area contributed by atoms with Gasteiger partial charge in [0.25, 0.3) is 0 Å². The van der Waals surface area contributed by atoms with Crippen LogP contribution in [0.2, 0.25) is 0 Å². The fraction of sp³-hybridized carbons (Fsp3) is 0.250. The zero-order valence-corrected chi connectivity index (χ0v) is 14.5. The summed E-state index contributed by atoms with van der Waals surface area (Å²) in [6.07, 6.45) is 1.99. The summed E-state index contributed by atoms with van der Waals surface area (Å²) in [6.45, 7) is 5.45. The van der Waals surface area contributed by atoms with E-state index >= 15 is 0 Å². The van der Waals surface area contributed by atoms with Crippen LogP contribution >= 0.6 is 11.3 Å². The van der Waals surface area contributed by atoms with E-state index in [9.17, 15) is 0 Å². The van der Waals surface area contributed by atoms with Gasteiger partial charge in [-0.1, -0.05) is 48.5 Å². The van der Waals surface area contributed by atoms with Crippen LogP contribution in [-0.2, 0) is 6.54 Å². The van der Waals surface area contributed by atoms with E-state index in [-0.39, 0.29) is 0 Å². The Morgan fingerprint density at radius 3 is 2.67 bits per heavy atom. The molecule has 0 spiro atoms. The lowest BCUT2D eigenvalue weighted by Crippen LogP contribution is -3.13. The molecule has 0 unspecified atom stereocenters. The first-order valence-electron chi connectivity index (χ1n) is 8.51. The van der Waals surface area contributed by atoms with Crippen LogP contribution in [0, 0.1) is 0 Å². The predicted molar refractivity (Wildman–Crippen MR) is 102 cm³/mol. The normalized spacial score (nSPS) is 16.2. The summed E-state index contributed by atoms with van der Waals surface area (Å²) < 4.78 is 0. The third-order valence-electron chi connectivity index (χ3n) is 4.66. The maximum atomic E-state index is 4.62. The van der Waals surface area contributed by atoms with Gasteiger partial charge >= 0.3 is 0 Å². The van der Waals surface area contributed by atoms with E-state index in [1.807, 2.05) is 6.21 Å². The Balaban J connectivity index is 1.37. The van der Waals surface area contributed by atoms with Crippen molar-refractivity contribution in [3.05, 3.63) is 70.4 Å². The van der Waals surface area contributed by atoms with Crippen LogP contribution < -0.4 is 4.90 Å². The molecule has 0 radical (unpaired) electrons. The van der Waals surface area contributed by atoms with E-state index in [0.29, 0.717) is 0 Å². The van der Waals surface area contributed by atoms with E-state index in [2.05, 4.69) is 70.1 Å². The van der Waals surface area contributed by atoms with Crippen LogP contribution in [0.15, 0.2) is 65.1 Å². The number of benzene rings is 2. The maximum absolute atomic E-state index is 4.62. The molecule has 122 valence electrons. The van der Waals surface area contributed by atoms with Crippen LogP contribution in [0.5, 0.6) is 0 Å². The molecular weight excluding hydrogens is 314 g/mol. The molecule has 1 aliphatic rings. The number of rotatable bonds is 4. The molecule has 0 aliphatic carbocycles. The average molecular weight is 336 g/mol. The van der Waals surface area contributed by atoms with Gasteiger partial charge < -0.3 is 4.90 Å². The minimum atomic E-state index is 1.03. The van der Waals surface area contributed by atoms with Crippen LogP contribution in [0.1, 0.15) is 10.4 Å². The smallest absolute Gasteiger partial charge is 0.104 e. The molecule has 1 saturated heterocycles. The first-order valence-corrected chi connectivity index (χ1v) is 9.39. The molecule has 3 aromatic rings. The Morgan fingerprint density at radius 1 is 1.00 bits per heavy atom. The van der Waals surface area contributed by atoms with E-state index in [1.54, 1.807) is 16.2 Å². The van der Waals surface area contributed by atoms with Crippen molar-refractivity contribution in [2.24, 2.45) is 5.10 Å². The van der Waals surface area contributed by atoms with Gasteiger partial charge in [-0.3, -0.25) is 5.01 Å². The zero-order chi connectivity index (χ0) is 16.2. The number of quaternary nitrogens is 1. The Labute approximate surface area is 146 Å². The fourth-order valence-electron chi connectivity index (χ4n) is 3.32. The van der Waals surface area contributed by atoms with Crippen LogP contribution in [0.3, 0.4) is 0 Å². The summed E-state index contributed by atoms with van der Waals surface area (Å²) in [7, 11) is 0. The lowest BCUT2D eigenvalue weighted by molar-refractivity contribution is -0.918. The molecular formula is C20H22N3S+. The Bertz CT molecular complexity index is 813. The van der Waals surface area contributed by atoms with Crippen molar-refractivity contribution in [3.8, 4) is 0 Å². The number of nitrogens with zero attached hydrogens (tertiary/aromatic N) is 2. The number of hydrazone groups is 1. The molecule has 24 heavy (non-hydrogen) atoms. The number of thiophene rings is 1. The van der Waals surface area contributed by atoms with Gasteiger partial charge in [-0.2, -0.15) is 5.10 Å². The predicted octanol–water partition coefficient (Wildman–Crippen LogP) is 2.64.